The van der Waals surface area contributed by atoms with Gasteiger partial charge in [0.15, 0.2) is 11.4 Å². The molecule has 3 heteroatoms. The van der Waals surface area contributed by atoms with Gasteiger partial charge < -0.3 is 5.21 Å². The average molecular weight is 188 g/mol. The van der Waals surface area contributed by atoms with Crippen molar-refractivity contribution in [1.82, 2.24) is 4.57 Å². The van der Waals surface area contributed by atoms with Crippen LogP contribution in [0.3, 0.4) is 0 Å². The summed E-state index contributed by atoms with van der Waals surface area (Å²) in [7, 11) is 1.88. The van der Waals surface area contributed by atoms with E-state index in [0.29, 0.717) is 0 Å². The van der Waals surface area contributed by atoms with Crippen LogP contribution < -0.4 is 4.73 Å². The summed E-state index contributed by atoms with van der Waals surface area (Å²) in [6.45, 7) is 1.83. The fourth-order valence-electron chi connectivity index (χ4n) is 1.67. The van der Waals surface area contributed by atoms with Gasteiger partial charge >= 0.3 is 0 Å². The molecule has 0 spiro atoms. The van der Waals surface area contributed by atoms with Crippen LogP contribution in [0.2, 0.25) is 0 Å². The fraction of sp³-hybridized carbons (Fsp3) is 0.182. The molecule has 0 N–H and O–H groups in total. The van der Waals surface area contributed by atoms with Crippen molar-refractivity contribution in [2.24, 2.45) is 7.05 Å². The van der Waals surface area contributed by atoms with Crippen molar-refractivity contribution in [3.05, 3.63) is 47.6 Å². The molecule has 0 saturated heterocycles. The smallest absolute Gasteiger partial charge is 0.247 e. The Morgan fingerprint density at radius 3 is 2.36 bits per heavy atom. The molecule has 0 aliphatic heterocycles. The van der Waals surface area contributed by atoms with E-state index in [2.05, 4.69) is 0 Å². The lowest BCUT2D eigenvalue weighted by Gasteiger charge is -1.99. The Hall–Kier alpha value is -1.77. The maximum absolute atomic E-state index is 11.3. The highest BCUT2D eigenvalue weighted by Crippen LogP contribution is 2.19. The first-order chi connectivity index (χ1) is 6.70. The molecular weight excluding hydrogens is 176 g/mol. The largest absolute Gasteiger partial charge is 0.711 e. The quantitative estimate of drug-likeness (QED) is 0.494. The van der Waals surface area contributed by atoms with Gasteiger partial charge in [-0.15, -0.1) is 0 Å². The van der Waals surface area contributed by atoms with Crippen LogP contribution in [-0.2, 0) is 7.05 Å². The first kappa shape index (κ1) is 8.81. The van der Waals surface area contributed by atoms with E-state index in [4.69, 9.17) is 0 Å². The van der Waals surface area contributed by atoms with Crippen LogP contribution in [0.5, 0.6) is 0 Å². The van der Waals surface area contributed by atoms with E-state index in [1.165, 1.54) is 6.33 Å². The standard InChI is InChI=1S/C11H12N2O/c1-9-11(12(2)8-13(9)14)10-6-4-3-5-7-10/h3-8H,1-2H3. The molecule has 0 unspecified atom stereocenters. The SMILES string of the molecule is Cc1c(-c2ccccc2)n(C)c[n+]1[O-]. The molecule has 14 heavy (non-hydrogen) atoms. The minimum Gasteiger partial charge on any atom is -0.711 e. The Balaban J connectivity index is 2.62. The Labute approximate surface area is 82.8 Å². The van der Waals surface area contributed by atoms with E-state index in [1.54, 1.807) is 0 Å². The first-order valence-electron chi connectivity index (χ1n) is 4.50. The number of aromatic nitrogens is 2. The van der Waals surface area contributed by atoms with Crippen molar-refractivity contribution in [2.45, 2.75) is 6.92 Å². The maximum atomic E-state index is 11.3. The predicted molar refractivity (Wildman–Crippen MR) is 54.5 cm³/mol. The number of benzene rings is 1. The Kier molecular flexibility index (Phi) is 2.00. The Bertz CT molecular complexity index is 446. The van der Waals surface area contributed by atoms with Crippen molar-refractivity contribution < 1.29 is 4.73 Å². The van der Waals surface area contributed by atoms with Gasteiger partial charge in [0.1, 0.15) is 0 Å². The van der Waals surface area contributed by atoms with Crippen molar-refractivity contribution >= 4 is 0 Å². The molecule has 0 aliphatic rings. The van der Waals surface area contributed by atoms with Gasteiger partial charge in [-0.2, -0.15) is 0 Å². The molecule has 1 aromatic carbocycles. The van der Waals surface area contributed by atoms with E-state index in [-0.39, 0.29) is 0 Å². The van der Waals surface area contributed by atoms with E-state index >= 15 is 0 Å². The van der Waals surface area contributed by atoms with Gasteiger partial charge in [-0.1, -0.05) is 30.3 Å². The van der Waals surface area contributed by atoms with Gasteiger partial charge in [-0.25, -0.2) is 9.30 Å². The summed E-state index contributed by atoms with van der Waals surface area (Å²) in [6, 6.07) is 9.91. The summed E-state index contributed by atoms with van der Waals surface area (Å²) >= 11 is 0. The second-order valence-electron chi connectivity index (χ2n) is 3.35. The summed E-state index contributed by atoms with van der Waals surface area (Å²) in [5, 5.41) is 11.3. The number of rotatable bonds is 1. The lowest BCUT2D eigenvalue weighted by molar-refractivity contribution is -0.611. The topological polar surface area (TPSA) is 31.9 Å². The van der Waals surface area contributed by atoms with Crippen LogP contribution in [0.1, 0.15) is 5.69 Å². The normalized spacial score (nSPS) is 10.4. The highest BCUT2D eigenvalue weighted by atomic mass is 16.5. The van der Waals surface area contributed by atoms with Gasteiger partial charge in [0, 0.05) is 12.5 Å². The van der Waals surface area contributed by atoms with Crippen LogP contribution in [0, 0.1) is 12.1 Å². The molecule has 0 fully saturated rings. The van der Waals surface area contributed by atoms with Crippen LogP contribution >= 0.6 is 0 Å². The van der Waals surface area contributed by atoms with Gasteiger partial charge in [0.25, 0.3) is 0 Å². The van der Waals surface area contributed by atoms with Crippen LogP contribution in [0.25, 0.3) is 11.3 Å². The molecule has 2 aromatic rings. The third-order valence-corrected chi connectivity index (χ3v) is 2.35. The molecule has 0 bridgehead atoms. The number of hydrogen-bond donors (Lipinski definition) is 0. The highest BCUT2D eigenvalue weighted by molar-refractivity contribution is 5.60. The number of aryl methyl sites for hydroxylation is 1. The van der Waals surface area contributed by atoms with Crippen molar-refractivity contribution in [3.8, 4) is 11.3 Å². The first-order valence-corrected chi connectivity index (χ1v) is 4.50. The summed E-state index contributed by atoms with van der Waals surface area (Å²) in [5.41, 5.74) is 2.78. The lowest BCUT2D eigenvalue weighted by Crippen LogP contribution is -2.26. The molecule has 72 valence electrons. The second kappa shape index (κ2) is 3.18. The van der Waals surface area contributed by atoms with Crippen molar-refractivity contribution in [2.75, 3.05) is 0 Å². The van der Waals surface area contributed by atoms with Gasteiger partial charge in [0.2, 0.25) is 6.33 Å². The zero-order valence-electron chi connectivity index (χ0n) is 8.27. The van der Waals surface area contributed by atoms with Gasteiger partial charge in [0.05, 0.1) is 7.05 Å². The summed E-state index contributed by atoms with van der Waals surface area (Å²) in [4.78, 5) is 0. The molecule has 0 aliphatic carbocycles. The molecule has 1 aromatic heterocycles. The predicted octanol–water partition coefficient (Wildman–Crippen LogP) is 1.63. The molecule has 0 amide bonds. The number of nitrogens with zero attached hydrogens (tertiary/aromatic N) is 2. The van der Waals surface area contributed by atoms with Crippen LogP contribution in [0.4, 0.5) is 0 Å². The summed E-state index contributed by atoms with van der Waals surface area (Å²) in [6.07, 6.45) is 1.54. The average Bonchev–Trinajstić information content (AvgIpc) is 2.43. The van der Waals surface area contributed by atoms with Crippen LogP contribution in [-0.4, -0.2) is 4.57 Å². The van der Waals surface area contributed by atoms with Crippen molar-refractivity contribution in [3.63, 3.8) is 0 Å². The lowest BCUT2D eigenvalue weighted by atomic mass is 10.1. The zero-order chi connectivity index (χ0) is 10.1. The van der Waals surface area contributed by atoms with E-state index < -0.39 is 0 Å². The van der Waals surface area contributed by atoms with Gasteiger partial charge in [-0.3, -0.25) is 0 Å². The third kappa shape index (κ3) is 1.27. The summed E-state index contributed by atoms with van der Waals surface area (Å²) in [5.74, 6) is 0. The van der Waals surface area contributed by atoms with Crippen LogP contribution in [0.15, 0.2) is 36.7 Å². The molecule has 1 heterocycles. The van der Waals surface area contributed by atoms with E-state index in [0.717, 1.165) is 21.7 Å². The van der Waals surface area contributed by atoms with Crippen molar-refractivity contribution in [1.29, 1.82) is 0 Å². The summed E-state index contributed by atoms with van der Waals surface area (Å²) < 4.78 is 2.74. The monoisotopic (exact) mass is 188 g/mol. The molecule has 0 saturated carbocycles. The van der Waals surface area contributed by atoms with Gasteiger partial charge in [-0.05, 0) is 0 Å². The third-order valence-electron chi connectivity index (χ3n) is 2.35. The molecule has 0 radical (unpaired) electrons. The highest BCUT2D eigenvalue weighted by Gasteiger charge is 2.14. The minimum atomic E-state index is 0.735. The zero-order valence-corrected chi connectivity index (χ0v) is 8.27. The van der Waals surface area contributed by atoms with E-state index in [9.17, 15) is 5.21 Å². The molecule has 3 nitrogen and oxygen atoms in total. The fourth-order valence-corrected chi connectivity index (χ4v) is 1.67. The molecule has 0 atom stereocenters. The maximum Gasteiger partial charge on any atom is 0.247 e. The second-order valence-corrected chi connectivity index (χ2v) is 3.35. The molecule has 2 rings (SSSR count). The molecular formula is C11H12N2O. The number of hydrogen-bond acceptors (Lipinski definition) is 1. The van der Waals surface area contributed by atoms with E-state index in [1.807, 2.05) is 48.9 Å². The Morgan fingerprint density at radius 1 is 1.21 bits per heavy atom. The Morgan fingerprint density at radius 2 is 1.86 bits per heavy atom. The minimum absolute atomic E-state index is 0.735. The number of imidazole rings is 1.